The third kappa shape index (κ3) is 1.92. The van der Waals surface area contributed by atoms with E-state index in [4.69, 9.17) is 5.73 Å². The van der Waals surface area contributed by atoms with Crippen LogP contribution in [0.4, 0.5) is 0 Å². The van der Waals surface area contributed by atoms with E-state index >= 15 is 0 Å². The van der Waals surface area contributed by atoms with Gasteiger partial charge in [-0.1, -0.05) is 5.92 Å². The quantitative estimate of drug-likeness (QED) is 0.537. The molecule has 10 heavy (non-hydrogen) atoms. The van der Waals surface area contributed by atoms with E-state index < -0.39 is 0 Å². The fraction of sp³-hybridized carbons (Fsp3) is 0.286. The van der Waals surface area contributed by atoms with Crippen LogP contribution in [0.3, 0.4) is 0 Å². The Bertz CT molecular complexity index is 227. The van der Waals surface area contributed by atoms with Crippen LogP contribution in [0.15, 0.2) is 12.4 Å². The zero-order valence-electron chi connectivity index (χ0n) is 5.59. The summed E-state index contributed by atoms with van der Waals surface area (Å²) < 4.78 is 0. The monoisotopic (exact) mass is 135 g/mol. The van der Waals surface area contributed by atoms with E-state index in [-0.39, 0.29) is 0 Å². The molecule has 0 saturated carbocycles. The van der Waals surface area contributed by atoms with Crippen LogP contribution >= 0.6 is 0 Å². The van der Waals surface area contributed by atoms with Gasteiger partial charge in [0.05, 0.1) is 0 Å². The minimum absolute atomic E-state index is 0.605. The molecule has 0 bridgehead atoms. The van der Waals surface area contributed by atoms with Crippen molar-refractivity contribution in [2.45, 2.75) is 6.42 Å². The van der Waals surface area contributed by atoms with Crippen LogP contribution in [-0.4, -0.2) is 16.5 Å². The maximum absolute atomic E-state index is 5.23. The molecule has 1 rings (SSSR count). The molecule has 3 nitrogen and oxygen atoms in total. The molecule has 0 aliphatic carbocycles. The predicted octanol–water partition coefficient (Wildman–Crippen LogP) is 0.110. The van der Waals surface area contributed by atoms with E-state index in [1.807, 2.05) is 0 Å². The average Bonchev–Trinajstić information content (AvgIpc) is 2.41. The van der Waals surface area contributed by atoms with Crippen molar-refractivity contribution in [2.75, 3.05) is 6.54 Å². The van der Waals surface area contributed by atoms with Crippen molar-refractivity contribution in [1.29, 1.82) is 0 Å². The van der Waals surface area contributed by atoms with Gasteiger partial charge in [-0.05, 0) is 5.92 Å². The standard InChI is InChI=1S/C7H9N3/c8-4-2-1-3-7-9-5-6-10-7/h5-6H,2,4,8H2,(H,9,10). The van der Waals surface area contributed by atoms with E-state index in [0.29, 0.717) is 12.4 Å². The van der Waals surface area contributed by atoms with Gasteiger partial charge in [-0.25, -0.2) is 4.98 Å². The highest BCUT2D eigenvalue weighted by Gasteiger charge is 1.82. The van der Waals surface area contributed by atoms with Crippen LogP contribution in [0, 0.1) is 11.8 Å². The van der Waals surface area contributed by atoms with Gasteiger partial charge in [-0.2, -0.15) is 0 Å². The lowest BCUT2D eigenvalue weighted by atomic mass is 10.4. The molecule has 0 radical (unpaired) electrons. The van der Waals surface area contributed by atoms with Gasteiger partial charge in [0, 0.05) is 25.4 Å². The fourth-order valence-corrected chi connectivity index (χ4v) is 0.552. The van der Waals surface area contributed by atoms with Gasteiger partial charge >= 0.3 is 0 Å². The first kappa shape index (κ1) is 6.84. The molecule has 3 N–H and O–H groups in total. The first-order chi connectivity index (χ1) is 4.93. The van der Waals surface area contributed by atoms with E-state index in [1.54, 1.807) is 12.4 Å². The zero-order chi connectivity index (χ0) is 7.23. The summed E-state index contributed by atoms with van der Waals surface area (Å²) in [6.07, 6.45) is 4.14. The zero-order valence-corrected chi connectivity index (χ0v) is 5.59. The second kappa shape index (κ2) is 3.70. The number of aromatic amines is 1. The van der Waals surface area contributed by atoms with Crippen LogP contribution in [0.25, 0.3) is 0 Å². The molecule has 0 spiro atoms. The molecule has 0 amide bonds. The molecule has 52 valence electrons. The summed E-state index contributed by atoms with van der Waals surface area (Å²) in [6, 6.07) is 0. The lowest BCUT2D eigenvalue weighted by Crippen LogP contribution is -1.95. The Morgan fingerprint density at radius 1 is 1.70 bits per heavy atom. The molecule has 0 unspecified atom stereocenters. The molecular formula is C7H9N3. The molecule has 0 fully saturated rings. The Morgan fingerprint density at radius 2 is 2.60 bits per heavy atom. The molecule has 1 aromatic rings. The van der Waals surface area contributed by atoms with Gasteiger partial charge in [0.2, 0.25) is 0 Å². The van der Waals surface area contributed by atoms with E-state index in [1.165, 1.54) is 0 Å². The number of hydrogen-bond donors (Lipinski definition) is 2. The Kier molecular flexibility index (Phi) is 2.53. The van der Waals surface area contributed by atoms with Crippen molar-refractivity contribution in [3.05, 3.63) is 18.2 Å². The number of rotatable bonds is 1. The third-order valence-electron chi connectivity index (χ3n) is 0.974. The lowest BCUT2D eigenvalue weighted by Gasteiger charge is -1.78. The first-order valence-corrected chi connectivity index (χ1v) is 3.12. The van der Waals surface area contributed by atoms with Crippen LogP contribution in [0.2, 0.25) is 0 Å². The summed E-state index contributed by atoms with van der Waals surface area (Å²) >= 11 is 0. The van der Waals surface area contributed by atoms with Crippen LogP contribution in [-0.2, 0) is 0 Å². The summed E-state index contributed by atoms with van der Waals surface area (Å²) in [4.78, 5) is 6.79. The summed E-state index contributed by atoms with van der Waals surface area (Å²) in [6.45, 7) is 0.605. The maximum Gasteiger partial charge on any atom is 0.182 e. The molecule has 0 aromatic carbocycles. The molecule has 0 atom stereocenters. The molecule has 1 heterocycles. The minimum Gasteiger partial charge on any atom is -0.338 e. The number of aromatic nitrogens is 2. The number of nitrogens with one attached hydrogen (secondary N) is 1. The van der Waals surface area contributed by atoms with Crippen molar-refractivity contribution in [1.82, 2.24) is 9.97 Å². The molecule has 0 aliphatic rings. The highest BCUT2D eigenvalue weighted by molar-refractivity contribution is 5.19. The molecule has 1 aromatic heterocycles. The maximum atomic E-state index is 5.23. The second-order valence-electron chi connectivity index (χ2n) is 1.78. The van der Waals surface area contributed by atoms with Gasteiger partial charge in [0.25, 0.3) is 0 Å². The largest absolute Gasteiger partial charge is 0.338 e. The molecule has 0 aliphatic heterocycles. The van der Waals surface area contributed by atoms with E-state index in [0.717, 1.165) is 6.42 Å². The van der Waals surface area contributed by atoms with Crippen LogP contribution < -0.4 is 5.73 Å². The van der Waals surface area contributed by atoms with E-state index in [9.17, 15) is 0 Å². The highest BCUT2D eigenvalue weighted by Crippen LogP contribution is 1.82. The topological polar surface area (TPSA) is 54.7 Å². The van der Waals surface area contributed by atoms with Gasteiger partial charge in [-0.15, -0.1) is 0 Å². The van der Waals surface area contributed by atoms with Gasteiger partial charge < -0.3 is 10.7 Å². The van der Waals surface area contributed by atoms with Crippen molar-refractivity contribution in [2.24, 2.45) is 5.73 Å². The first-order valence-electron chi connectivity index (χ1n) is 3.12. The van der Waals surface area contributed by atoms with Gasteiger partial charge in [0.1, 0.15) is 0 Å². The smallest absolute Gasteiger partial charge is 0.182 e. The summed E-state index contributed by atoms with van der Waals surface area (Å²) in [5, 5.41) is 0. The fourth-order valence-electron chi connectivity index (χ4n) is 0.552. The number of nitrogens with two attached hydrogens (primary N) is 1. The molecule has 0 saturated heterocycles. The normalized spacial score (nSPS) is 8.50. The van der Waals surface area contributed by atoms with Crippen molar-refractivity contribution >= 4 is 0 Å². The summed E-state index contributed by atoms with van der Waals surface area (Å²) in [7, 11) is 0. The Balaban J connectivity index is 2.49. The average molecular weight is 135 g/mol. The SMILES string of the molecule is NCCC#Cc1ncc[nH]1. The lowest BCUT2D eigenvalue weighted by molar-refractivity contribution is 1.03. The Labute approximate surface area is 59.7 Å². The second-order valence-corrected chi connectivity index (χ2v) is 1.78. The Hall–Kier alpha value is -1.27. The van der Waals surface area contributed by atoms with Crippen molar-refractivity contribution in [3.63, 3.8) is 0 Å². The third-order valence-corrected chi connectivity index (χ3v) is 0.974. The molecular weight excluding hydrogens is 126 g/mol. The van der Waals surface area contributed by atoms with Gasteiger partial charge in [-0.3, -0.25) is 0 Å². The summed E-state index contributed by atoms with van der Waals surface area (Å²) in [5.74, 6) is 6.40. The summed E-state index contributed by atoms with van der Waals surface area (Å²) in [5.41, 5.74) is 5.23. The van der Waals surface area contributed by atoms with Crippen molar-refractivity contribution < 1.29 is 0 Å². The number of hydrogen-bond acceptors (Lipinski definition) is 2. The minimum atomic E-state index is 0.605. The van der Waals surface area contributed by atoms with E-state index in [2.05, 4.69) is 21.8 Å². The van der Waals surface area contributed by atoms with Crippen LogP contribution in [0.5, 0.6) is 0 Å². The van der Waals surface area contributed by atoms with Crippen LogP contribution in [0.1, 0.15) is 12.2 Å². The number of nitrogens with zero attached hydrogens (tertiary/aromatic N) is 1. The van der Waals surface area contributed by atoms with Gasteiger partial charge in [0.15, 0.2) is 5.82 Å². The highest BCUT2D eigenvalue weighted by atomic mass is 14.9. The van der Waals surface area contributed by atoms with Crippen molar-refractivity contribution in [3.8, 4) is 11.8 Å². The number of imidazole rings is 1. The predicted molar refractivity (Wildman–Crippen MR) is 39.1 cm³/mol. The Morgan fingerprint density at radius 3 is 3.20 bits per heavy atom. The number of H-pyrrole nitrogens is 1. The molecule has 3 heteroatoms.